The van der Waals surface area contributed by atoms with Gasteiger partial charge in [-0.15, -0.1) is 0 Å². The maximum atomic E-state index is 13.2. The molecule has 7 heteroatoms. The van der Waals surface area contributed by atoms with Crippen molar-refractivity contribution in [2.24, 2.45) is 0 Å². The van der Waals surface area contributed by atoms with Gasteiger partial charge in [-0.05, 0) is 67.6 Å². The summed E-state index contributed by atoms with van der Waals surface area (Å²) < 4.78 is 30.8. The minimum Gasteiger partial charge on any atom is -0.494 e. The minimum atomic E-state index is -3.29. The first kappa shape index (κ1) is 19.8. The van der Waals surface area contributed by atoms with Crippen LogP contribution >= 0.6 is 0 Å². The Morgan fingerprint density at radius 3 is 2.59 bits per heavy atom. The molecule has 29 heavy (non-hydrogen) atoms. The van der Waals surface area contributed by atoms with Crippen molar-refractivity contribution in [3.63, 3.8) is 0 Å². The SMILES string of the molecule is CCOc1ccc([C@@H]2CCCN2C(=O)c2ccc3c(c2)CCN3S(C)(=O)=O)cc1. The number of ether oxygens (including phenoxy) is 1. The normalized spacial score (nSPS) is 18.8. The van der Waals surface area contributed by atoms with Crippen molar-refractivity contribution in [2.45, 2.75) is 32.2 Å². The fourth-order valence-electron chi connectivity index (χ4n) is 4.32. The molecule has 2 aliphatic heterocycles. The summed E-state index contributed by atoms with van der Waals surface area (Å²) in [5.41, 5.74) is 3.34. The predicted molar refractivity (Wildman–Crippen MR) is 113 cm³/mol. The summed E-state index contributed by atoms with van der Waals surface area (Å²) in [4.78, 5) is 15.2. The molecule has 0 saturated carbocycles. The number of sulfonamides is 1. The van der Waals surface area contributed by atoms with Crippen LogP contribution in [0.25, 0.3) is 0 Å². The van der Waals surface area contributed by atoms with Gasteiger partial charge >= 0.3 is 0 Å². The van der Waals surface area contributed by atoms with E-state index < -0.39 is 10.0 Å². The molecule has 1 saturated heterocycles. The number of hydrogen-bond donors (Lipinski definition) is 0. The van der Waals surface area contributed by atoms with Gasteiger partial charge in [0.1, 0.15) is 5.75 Å². The Bertz CT molecular complexity index is 1020. The fraction of sp³-hybridized carbons (Fsp3) is 0.409. The average molecular weight is 415 g/mol. The predicted octanol–water partition coefficient (Wildman–Crippen LogP) is 3.38. The first-order chi connectivity index (χ1) is 13.9. The molecule has 1 amide bonds. The molecule has 0 N–H and O–H groups in total. The number of likely N-dealkylation sites (tertiary alicyclic amines) is 1. The highest BCUT2D eigenvalue weighted by atomic mass is 32.2. The first-order valence-electron chi connectivity index (χ1n) is 10.0. The summed E-state index contributed by atoms with van der Waals surface area (Å²) >= 11 is 0. The third-order valence-electron chi connectivity index (χ3n) is 5.67. The van der Waals surface area contributed by atoms with E-state index >= 15 is 0 Å². The standard InChI is InChI=1S/C22H26N2O4S/c1-3-28-19-9-6-16(7-10-19)20-5-4-13-23(20)22(25)18-8-11-21-17(15-18)12-14-24(21)29(2,26)27/h6-11,15,20H,3-5,12-14H2,1-2H3/t20-/m0/s1. The molecular weight excluding hydrogens is 388 g/mol. The first-order valence-corrected chi connectivity index (χ1v) is 11.9. The van der Waals surface area contributed by atoms with Crippen LogP contribution in [0.3, 0.4) is 0 Å². The number of amides is 1. The van der Waals surface area contributed by atoms with Gasteiger partial charge < -0.3 is 9.64 Å². The second-order valence-electron chi connectivity index (χ2n) is 7.59. The molecule has 0 spiro atoms. The summed E-state index contributed by atoms with van der Waals surface area (Å²) in [6, 6.07) is 13.4. The van der Waals surface area contributed by atoms with Crippen molar-refractivity contribution in [2.75, 3.05) is 30.3 Å². The van der Waals surface area contributed by atoms with Crippen molar-refractivity contribution in [1.29, 1.82) is 0 Å². The number of nitrogens with zero attached hydrogens (tertiary/aromatic N) is 2. The highest BCUT2D eigenvalue weighted by Crippen LogP contribution is 2.36. The van der Waals surface area contributed by atoms with Gasteiger partial charge in [0.15, 0.2) is 0 Å². The number of rotatable bonds is 5. The van der Waals surface area contributed by atoms with E-state index in [2.05, 4.69) is 0 Å². The Hall–Kier alpha value is -2.54. The molecule has 4 rings (SSSR count). The smallest absolute Gasteiger partial charge is 0.254 e. The van der Waals surface area contributed by atoms with Gasteiger partial charge in [-0.25, -0.2) is 8.42 Å². The molecule has 1 fully saturated rings. The van der Waals surface area contributed by atoms with Crippen LogP contribution in [0.15, 0.2) is 42.5 Å². The van der Waals surface area contributed by atoms with Gasteiger partial charge in [-0.3, -0.25) is 9.10 Å². The topological polar surface area (TPSA) is 66.9 Å². The Kier molecular flexibility index (Phi) is 5.25. The van der Waals surface area contributed by atoms with Crippen LogP contribution in [-0.4, -0.2) is 45.2 Å². The average Bonchev–Trinajstić information content (AvgIpc) is 3.34. The van der Waals surface area contributed by atoms with Crippen LogP contribution in [-0.2, 0) is 16.4 Å². The molecular formula is C22H26N2O4S. The van der Waals surface area contributed by atoms with E-state index in [-0.39, 0.29) is 11.9 Å². The lowest BCUT2D eigenvalue weighted by Crippen LogP contribution is -2.30. The third kappa shape index (κ3) is 3.83. The van der Waals surface area contributed by atoms with Crippen molar-refractivity contribution < 1.29 is 17.9 Å². The number of carbonyl (C=O) groups is 1. The number of hydrogen-bond acceptors (Lipinski definition) is 4. The lowest BCUT2D eigenvalue weighted by Gasteiger charge is -2.26. The number of benzene rings is 2. The minimum absolute atomic E-state index is 0.00184. The van der Waals surface area contributed by atoms with Crippen molar-refractivity contribution in [3.05, 3.63) is 59.2 Å². The zero-order chi connectivity index (χ0) is 20.6. The zero-order valence-electron chi connectivity index (χ0n) is 16.8. The van der Waals surface area contributed by atoms with E-state index in [0.717, 1.165) is 36.3 Å². The van der Waals surface area contributed by atoms with E-state index in [1.165, 1.54) is 10.6 Å². The van der Waals surface area contributed by atoms with Crippen LogP contribution in [0.4, 0.5) is 5.69 Å². The Morgan fingerprint density at radius 1 is 1.14 bits per heavy atom. The molecule has 0 aliphatic carbocycles. The molecule has 1 atom stereocenters. The zero-order valence-corrected chi connectivity index (χ0v) is 17.6. The number of carbonyl (C=O) groups excluding carboxylic acids is 1. The molecule has 0 unspecified atom stereocenters. The quantitative estimate of drug-likeness (QED) is 0.752. The largest absolute Gasteiger partial charge is 0.494 e. The van der Waals surface area contributed by atoms with Gasteiger partial charge in [-0.1, -0.05) is 12.1 Å². The van der Waals surface area contributed by atoms with Crippen LogP contribution in [0, 0.1) is 0 Å². The van der Waals surface area contributed by atoms with Gasteiger partial charge in [-0.2, -0.15) is 0 Å². The van der Waals surface area contributed by atoms with E-state index in [0.29, 0.717) is 30.8 Å². The van der Waals surface area contributed by atoms with Crippen LogP contribution in [0.2, 0.25) is 0 Å². The van der Waals surface area contributed by atoms with Gasteiger partial charge in [0.2, 0.25) is 10.0 Å². The highest BCUT2D eigenvalue weighted by Gasteiger charge is 2.32. The van der Waals surface area contributed by atoms with Gasteiger partial charge in [0.05, 0.1) is 24.6 Å². The lowest BCUT2D eigenvalue weighted by molar-refractivity contribution is 0.0735. The molecule has 0 bridgehead atoms. The van der Waals surface area contributed by atoms with Crippen LogP contribution in [0.1, 0.15) is 47.3 Å². The van der Waals surface area contributed by atoms with E-state index in [1.54, 1.807) is 12.1 Å². The molecule has 0 radical (unpaired) electrons. The van der Waals surface area contributed by atoms with Gasteiger partial charge in [0.25, 0.3) is 5.91 Å². The maximum Gasteiger partial charge on any atom is 0.254 e. The Labute approximate surface area is 172 Å². The molecule has 2 aromatic carbocycles. The molecule has 2 aliphatic rings. The van der Waals surface area contributed by atoms with Gasteiger partial charge in [0, 0.05) is 18.7 Å². The highest BCUT2D eigenvalue weighted by molar-refractivity contribution is 7.92. The van der Waals surface area contributed by atoms with Crippen LogP contribution in [0.5, 0.6) is 5.75 Å². The van der Waals surface area contributed by atoms with E-state index in [9.17, 15) is 13.2 Å². The molecule has 154 valence electrons. The van der Waals surface area contributed by atoms with E-state index in [4.69, 9.17) is 4.74 Å². The van der Waals surface area contributed by atoms with Crippen molar-refractivity contribution >= 4 is 21.6 Å². The van der Waals surface area contributed by atoms with Crippen molar-refractivity contribution in [1.82, 2.24) is 4.90 Å². The Balaban J connectivity index is 1.56. The third-order valence-corrected chi connectivity index (χ3v) is 6.85. The molecule has 6 nitrogen and oxygen atoms in total. The Morgan fingerprint density at radius 2 is 1.90 bits per heavy atom. The van der Waals surface area contributed by atoms with E-state index in [1.807, 2.05) is 42.2 Å². The summed E-state index contributed by atoms with van der Waals surface area (Å²) in [5, 5.41) is 0. The second-order valence-corrected chi connectivity index (χ2v) is 9.49. The maximum absolute atomic E-state index is 13.2. The number of anilines is 1. The monoisotopic (exact) mass is 414 g/mol. The second kappa shape index (κ2) is 7.71. The summed E-state index contributed by atoms with van der Waals surface area (Å²) in [6.07, 6.45) is 3.75. The fourth-order valence-corrected chi connectivity index (χ4v) is 5.28. The summed E-state index contributed by atoms with van der Waals surface area (Å²) in [5.74, 6) is 0.836. The lowest BCUT2D eigenvalue weighted by atomic mass is 10.0. The molecule has 2 heterocycles. The molecule has 2 aromatic rings. The van der Waals surface area contributed by atoms with Crippen molar-refractivity contribution in [3.8, 4) is 5.75 Å². The number of fused-ring (bicyclic) bond motifs is 1. The van der Waals surface area contributed by atoms with Crippen LogP contribution < -0.4 is 9.04 Å². The summed E-state index contributed by atoms with van der Waals surface area (Å²) in [6.45, 7) is 3.74. The molecule has 0 aromatic heterocycles. The summed E-state index contributed by atoms with van der Waals surface area (Å²) in [7, 11) is -3.29.